The van der Waals surface area contributed by atoms with Gasteiger partial charge in [0.2, 0.25) is 11.9 Å². The third-order valence-corrected chi connectivity index (χ3v) is 6.70. The number of nitrogens with zero attached hydrogens (tertiary/aromatic N) is 5. The third-order valence-electron chi connectivity index (χ3n) is 6.70. The lowest BCUT2D eigenvalue weighted by atomic mass is 9.82. The first-order valence-electron chi connectivity index (χ1n) is 11.3. The number of anilines is 1. The molecular weight excluding hydrogens is 427 g/mol. The van der Waals surface area contributed by atoms with Crippen LogP contribution in [0.25, 0.3) is 0 Å². The number of aromatic nitrogens is 3. The van der Waals surface area contributed by atoms with Crippen molar-refractivity contribution >= 4 is 17.8 Å². The number of carbonyl (C=O) groups is 2. The minimum Gasteiger partial charge on any atom is -0.337 e. The summed E-state index contributed by atoms with van der Waals surface area (Å²) < 4.78 is 14.6. The third kappa shape index (κ3) is 4.51. The summed E-state index contributed by atoms with van der Waals surface area (Å²) in [7, 11) is 0. The number of fused-ring (bicyclic) bond motifs is 1. The molecule has 2 aromatic rings. The molecule has 3 aliphatic heterocycles. The van der Waals surface area contributed by atoms with E-state index in [9.17, 15) is 14.0 Å². The molecule has 2 amide bonds. The number of piperidine rings is 1. The molecule has 0 bridgehead atoms. The molecule has 33 heavy (non-hydrogen) atoms. The van der Waals surface area contributed by atoms with Crippen LogP contribution in [0, 0.1) is 11.7 Å². The van der Waals surface area contributed by atoms with Crippen LogP contribution in [-0.2, 0) is 11.2 Å². The summed E-state index contributed by atoms with van der Waals surface area (Å²) in [6, 6.07) is 4.69. The summed E-state index contributed by atoms with van der Waals surface area (Å²) in [4.78, 5) is 41.1. The Kier molecular flexibility index (Phi) is 6.14. The lowest BCUT2D eigenvalue weighted by molar-refractivity contribution is -0.131. The van der Waals surface area contributed by atoms with E-state index in [0.717, 1.165) is 24.9 Å². The second kappa shape index (κ2) is 9.36. The van der Waals surface area contributed by atoms with Gasteiger partial charge in [-0.05, 0) is 43.5 Å². The van der Waals surface area contributed by atoms with Crippen LogP contribution in [0.1, 0.15) is 28.8 Å². The Morgan fingerprint density at radius 2 is 1.94 bits per heavy atom. The van der Waals surface area contributed by atoms with E-state index in [1.165, 1.54) is 18.7 Å². The molecule has 3 atom stereocenters. The predicted molar refractivity (Wildman–Crippen MR) is 118 cm³/mol. The Morgan fingerprint density at radius 1 is 1.15 bits per heavy atom. The number of hydrogen-bond donors (Lipinski definition) is 3. The van der Waals surface area contributed by atoms with Gasteiger partial charge in [0.25, 0.3) is 5.91 Å². The smallest absolute Gasteiger partial charge is 0.256 e. The fraction of sp³-hybridized carbons (Fsp3) is 0.500. The Labute approximate surface area is 191 Å². The van der Waals surface area contributed by atoms with Gasteiger partial charge in [-0.15, -0.1) is 0 Å². The fourth-order valence-electron chi connectivity index (χ4n) is 4.95. The van der Waals surface area contributed by atoms with Crippen molar-refractivity contribution in [3.05, 3.63) is 47.8 Å². The molecule has 3 unspecified atom stereocenters. The zero-order valence-electron chi connectivity index (χ0n) is 18.2. The van der Waals surface area contributed by atoms with Crippen molar-refractivity contribution in [3.63, 3.8) is 0 Å². The van der Waals surface area contributed by atoms with E-state index < -0.39 is 5.82 Å². The van der Waals surface area contributed by atoms with Crippen molar-refractivity contribution in [1.82, 2.24) is 36.0 Å². The zero-order valence-corrected chi connectivity index (χ0v) is 18.2. The van der Waals surface area contributed by atoms with E-state index in [1.54, 1.807) is 17.0 Å². The van der Waals surface area contributed by atoms with E-state index >= 15 is 0 Å². The first-order valence-corrected chi connectivity index (χ1v) is 11.3. The van der Waals surface area contributed by atoms with Crippen molar-refractivity contribution in [2.45, 2.75) is 31.3 Å². The molecule has 3 fully saturated rings. The molecule has 1 aromatic carbocycles. The molecule has 11 heteroatoms. The molecule has 1 aromatic heterocycles. The van der Waals surface area contributed by atoms with Crippen LogP contribution in [0.15, 0.2) is 30.9 Å². The standard InChI is InChI=1S/C22H27FN8O2/c23-17-4-3-14(11-18-19-15(2-1-5-25-19)20(32)29-28-18)10-16(17)21(33)30-6-8-31(9-7-30)22-26-12-24-13-27-22/h3-4,10,12-13,15,18-19,25,28H,1-2,5-9,11H2,(H,29,32). The van der Waals surface area contributed by atoms with E-state index in [0.29, 0.717) is 38.5 Å². The highest BCUT2D eigenvalue weighted by Crippen LogP contribution is 2.24. The number of nitrogens with one attached hydrogen (secondary N) is 3. The Bertz CT molecular complexity index is 1010. The van der Waals surface area contributed by atoms with Gasteiger partial charge in [0.05, 0.1) is 11.5 Å². The van der Waals surface area contributed by atoms with Crippen molar-refractivity contribution in [2.75, 3.05) is 37.6 Å². The Hall–Kier alpha value is -3.18. The molecular formula is C22H27FN8O2. The molecule has 174 valence electrons. The number of benzene rings is 1. The number of rotatable bonds is 4. The first-order chi connectivity index (χ1) is 16.1. The van der Waals surface area contributed by atoms with E-state index in [4.69, 9.17) is 0 Å². The molecule has 3 N–H and O–H groups in total. The van der Waals surface area contributed by atoms with Crippen molar-refractivity contribution in [2.24, 2.45) is 5.92 Å². The van der Waals surface area contributed by atoms with Crippen LogP contribution in [-0.4, -0.2) is 76.5 Å². The second-order valence-corrected chi connectivity index (χ2v) is 8.70. The van der Waals surface area contributed by atoms with Gasteiger partial charge in [-0.3, -0.25) is 15.0 Å². The summed E-state index contributed by atoms with van der Waals surface area (Å²) in [6.07, 6.45) is 5.28. The van der Waals surface area contributed by atoms with Gasteiger partial charge in [0.1, 0.15) is 18.5 Å². The fourth-order valence-corrected chi connectivity index (χ4v) is 4.95. The van der Waals surface area contributed by atoms with Crippen molar-refractivity contribution in [3.8, 4) is 0 Å². The van der Waals surface area contributed by atoms with Gasteiger partial charge in [-0.2, -0.15) is 0 Å². The van der Waals surface area contributed by atoms with E-state index in [-0.39, 0.29) is 35.4 Å². The maximum absolute atomic E-state index is 14.6. The summed E-state index contributed by atoms with van der Waals surface area (Å²) >= 11 is 0. The largest absolute Gasteiger partial charge is 0.337 e. The normalized spacial score (nSPS) is 25.4. The Balaban J connectivity index is 1.26. The van der Waals surface area contributed by atoms with Gasteiger partial charge in [-0.25, -0.2) is 24.8 Å². The van der Waals surface area contributed by atoms with Crippen LogP contribution in [0.4, 0.5) is 10.3 Å². The van der Waals surface area contributed by atoms with Crippen molar-refractivity contribution < 1.29 is 14.0 Å². The lowest BCUT2D eigenvalue weighted by Gasteiger charge is -2.41. The molecule has 0 radical (unpaired) electrons. The minimum atomic E-state index is -0.526. The number of piperazine rings is 1. The van der Waals surface area contributed by atoms with Gasteiger partial charge in [0, 0.05) is 38.3 Å². The molecule has 0 aliphatic carbocycles. The van der Waals surface area contributed by atoms with Crippen LogP contribution >= 0.6 is 0 Å². The molecule has 0 saturated carbocycles. The summed E-state index contributed by atoms with van der Waals surface area (Å²) in [5.74, 6) is -0.334. The van der Waals surface area contributed by atoms with E-state index in [1.807, 2.05) is 4.90 Å². The Morgan fingerprint density at radius 3 is 2.73 bits per heavy atom. The molecule has 3 saturated heterocycles. The molecule has 5 rings (SSSR count). The van der Waals surface area contributed by atoms with Gasteiger partial charge >= 0.3 is 0 Å². The van der Waals surface area contributed by atoms with Crippen LogP contribution in [0.2, 0.25) is 0 Å². The number of amides is 2. The highest BCUT2D eigenvalue weighted by Gasteiger charge is 2.40. The summed E-state index contributed by atoms with van der Waals surface area (Å²) in [6.45, 7) is 2.92. The summed E-state index contributed by atoms with van der Waals surface area (Å²) in [5.41, 5.74) is 6.79. The lowest BCUT2D eigenvalue weighted by Crippen LogP contribution is -2.67. The minimum absolute atomic E-state index is 0.00901. The van der Waals surface area contributed by atoms with E-state index in [2.05, 4.69) is 31.1 Å². The molecule has 10 nitrogen and oxygen atoms in total. The average molecular weight is 455 g/mol. The molecule has 3 aliphatic rings. The zero-order chi connectivity index (χ0) is 22.8. The maximum Gasteiger partial charge on any atom is 0.256 e. The number of halogens is 1. The van der Waals surface area contributed by atoms with Gasteiger partial charge in [-0.1, -0.05) is 6.07 Å². The summed E-state index contributed by atoms with van der Waals surface area (Å²) in [5, 5.41) is 3.45. The quantitative estimate of drug-likeness (QED) is 0.586. The van der Waals surface area contributed by atoms with Gasteiger partial charge in [0.15, 0.2) is 0 Å². The first kappa shape index (κ1) is 21.7. The SMILES string of the molecule is O=C1NNC(Cc2ccc(F)c(C(=O)N3CCN(c4ncncn4)CC3)c2)C2NCCCC12. The van der Waals surface area contributed by atoms with Gasteiger partial charge < -0.3 is 15.1 Å². The number of carbonyl (C=O) groups excluding carboxylic acids is 2. The predicted octanol–water partition coefficient (Wildman–Crippen LogP) is -0.113. The highest BCUT2D eigenvalue weighted by atomic mass is 19.1. The number of hydrazine groups is 1. The maximum atomic E-state index is 14.6. The van der Waals surface area contributed by atoms with Crippen LogP contribution < -0.4 is 21.1 Å². The van der Waals surface area contributed by atoms with Crippen molar-refractivity contribution in [1.29, 1.82) is 0 Å². The van der Waals surface area contributed by atoms with Crippen LogP contribution in [0.3, 0.4) is 0 Å². The topological polar surface area (TPSA) is 115 Å². The molecule has 4 heterocycles. The van der Waals surface area contributed by atoms with Crippen LogP contribution in [0.5, 0.6) is 0 Å². The number of hydrogen-bond acceptors (Lipinski definition) is 8. The monoisotopic (exact) mass is 454 g/mol. The second-order valence-electron chi connectivity index (χ2n) is 8.70. The average Bonchev–Trinajstić information content (AvgIpc) is 2.87. The molecule has 0 spiro atoms. The highest BCUT2D eigenvalue weighted by molar-refractivity contribution is 5.95.